The van der Waals surface area contributed by atoms with E-state index in [4.69, 9.17) is 5.26 Å². The van der Waals surface area contributed by atoms with E-state index in [0.717, 1.165) is 38.5 Å². The minimum atomic E-state index is -1.13. The van der Waals surface area contributed by atoms with Crippen LogP contribution in [0.3, 0.4) is 0 Å². The maximum atomic E-state index is 13.6. The topological polar surface area (TPSA) is 76.4 Å². The molecule has 3 aliphatic carbocycles. The molecule has 154 valence electrons. The summed E-state index contributed by atoms with van der Waals surface area (Å²) in [6, 6.07) is 1.33. The summed E-state index contributed by atoms with van der Waals surface area (Å²) in [5.74, 6) is -0.120. The molecule has 0 aromatic carbocycles. The van der Waals surface area contributed by atoms with Gasteiger partial charge >= 0.3 is 0 Å². The maximum Gasteiger partial charge on any atom is 0.237 e. The Labute approximate surface area is 164 Å². The molecule has 0 aromatic heterocycles. The third-order valence-electron chi connectivity index (χ3n) is 7.45. The molecule has 2 amide bonds. The van der Waals surface area contributed by atoms with Crippen LogP contribution < -0.4 is 5.32 Å². The Bertz CT molecular complexity index is 670. The molecular weight excluding hydrogens is 366 g/mol. The smallest absolute Gasteiger partial charge is 0.237 e. The standard InChI is InChI=1S/C20H28F2N4O2/c21-14-1-8-25(12-14)18(28)19-2-5-20(6-3-19,7-4-19)24-11-17(27)26-13-15(22)9-16(26)10-23/h14-16,24H,1-9,11-13H2/t14?,15-,16-,19?,20?/m1/s1. The van der Waals surface area contributed by atoms with Gasteiger partial charge in [-0.3, -0.25) is 9.59 Å². The van der Waals surface area contributed by atoms with Crippen molar-refractivity contribution in [1.29, 1.82) is 5.26 Å². The van der Waals surface area contributed by atoms with E-state index in [1.54, 1.807) is 4.90 Å². The molecule has 2 aliphatic heterocycles. The quantitative estimate of drug-likeness (QED) is 0.788. The lowest BCUT2D eigenvalue weighted by atomic mass is 9.56. The summed E-state index contributed by atoms with van der Waals surface area (Å²) in [5.41, 5.74) is -0.526. The molecule has 3 atom stereocenters. The number of carbonyl (C=O) groups is 2. The second-order valence-electron chi connectivity index (χ2n) is 9.08. The number of rotatable bonds is 4. The Kier molecular flexibility index (Phi) is 5.07. The zero-order valence-corrected chi connectivity index (χ0v) is 16.1. The van der Waals surface area contributed by atoms with Gasteiger partial charge in [0.2, 0.25) is 11.8 Å². The molecule has 0 radical (unpaired) electrons. The molecule has 1 unspecified atom stereocenters. The van der Waals surface area contributed by atoms with Crippen LogP contribution in [-0.4, -0.2) is 71.7 Å². The summed E-state index contributed by atoms with van der Waals surface area (Å²) in [4.78, 5) is 28.5. The number of nitrogens with zero attached hydrogens (tertiary/aromatic N) is 3. The van der Waals surface area contributed by atoms with E-state index in [1.807, 2.05) is 6.07 Å². The van der Waals surface area contributed by atoms with Crippen LogP contribution in [0.5, 0.6) is 0 Å². The van der Waals surface area contributed by atoms with E-state index in [9.17, 15) is 18.4 Å². The van der Waals surface area contributed by atoms with E-state index in [2.05, 4.69) is 5.32 Å². The van der Waals surface area contributed by atoms with Crippen LogP contribution >= 0.6 is 0 Å². The van der Waals surface area contributed by atoms with E-state index in [0.29, 0.717) is 13.0 Å². The fraction of sp³-hybridized carbons (Fsp3) is 0.850. The van der Waals surface area contributed by atoms with Gasteiger partial charge in [-0.05, 0) is 44.9 Å². The Balaban J connectivity index is 1.32. The largest absolute Gasteiger partial charge is 0.339 e. The lowest BCUT2D eigenvalue weighted by Crippen LogP contribution is -2.60. The number of likely N-dealkylation sites (tertiary alicyclic amines) is 2. The number of alkyl halides is 2. The third kappa shape index (κ3) is 3.38. The molecule has 0 aromatic rings. The van der Waals surface area contributed by atoms with Crippen LogP contribution in [0.4, 0.5) is 8.78 Å². The molecule has 5 fully saturated rings. The highest BCUT2D eigenvalue weighted by atomic mass is 19.1. The van der Waals surface area contributed by atoms with Gasteiger partial charge in [0.25, 0.3) is 0 Å². The predicted molar refractivity (Wildman–Crippen MR) is 97.6 cm³/mol. The molecular formula is C20H28F2N4O2. The van der Waals surface area contributed by atoms with Crippen molar-refractivity contribution in [3.05, 3.63) is 0 Å². The van der Waals surface area contributed by atoms with Crippen molar-refractivity contribution in [3.8, 4) is 6.07 Å². The van der Waals surface area contributed by atoms with Gasteiger partial charge < -0.3 is 15.1 Å². The highest BCUT2D eigenvalue weighted by Crippen LogP contribution is 2.53. The molecule has 1 N–H and O–H groups in total. The minimum Gasteiger partial charge on any atom is -0.339 e. The molecule has 3 saturated carbocycles. The Morgan fingerprint density at radius 1 is 1.07 bits per heavy atom. The monoisotopic (exact) mass is 394 g/mol. The zero-order chi connectivity index (χ0) is 19.9. The van der Waals surface area contributed by atoms with Gasteiger partial charge in [-0.25, -0.2) is 8.78 Å². The number of amides is 2. The second-order valence-corrected chi connectivity index (χ2v) is 9.08. The first-order valence-electron chi connectivity index (χ1n) is 10.4. The minimum absolute atomic E-state index is 0.00521. The fourth-order valence-corrected chi connectivity index (χ4v) is 5.56. The summed E-state index contributed by atoms with van der Waals surface area (Å²) in [6.07, 6.45) is 3.23. The molecule has 2 saturated heterocycles. The average Bonchev–Trinajstić information content (AvgIpc) is 3.32. The van der Waals surface area contributed by atoms with Gasteiger partial charge in [0, 0.05) is 23.9 Å². The maximum absolute atomic E-state index is 13.6. The van der Waals surface area contributed by atoms with Crippen molar-refractivity contribution >= 4 is 11.8 Å². The molecule has 2 heterocycles. The van der Waals surface area contributed by atoms with Gasteiger partial charge in [-0.15, -0.1) is 0 Å². The van der Waals surface area contributed by atoms with Crippen molar-refractivity contribution in [2.24, 2.45) is 5.41 Å². The molecule has 5 aliphatic rings. The first-order valence-corrected chi connectivity index (χ1v) is 10.4. The number of hydrogen-bond acceptors (Lipinski definition) is 4. The fourth-order valence-electron chi connectivity index (χ4n) is 5.56. The van der Waals surface area contributed by atoms with Crippen molar-refractivity contribution in [1.82, 2.24) is 15.1 Å². The number of nitrogens with one attached hydrogen (secondary N) is 1. The summed E-state index contributed by atoms with van der Waals surface area (Å²) in [5, 5.41) is 12.5. The number of nitriles is 1. The van der Waals surface area contributed by atoms with Crippen LogP contribution in [0, 0.1) is 16.7 Å². The predicted octanol–water partition coefficient (Wildman–Crippen LogP) is 1.70. The molecule has 28 heavy (non-hydrogen) atoms. The van der Waals surface area contributed by atoms with E-state index < -0.39 is 18.4 Å². The van der Waals surface area contributed by atoms with E-state index >= 15 is 0 Å². The van der Waals surface area contributed by atoms with Crippen LogP contribution in [0.25, 0.3) is 0 Å². The van der Waals surface area contributed by atoms with Crippen molar-refractivity contribution in [3.63, 3.8) is 0 Å². The highest BCUT2D eigenvalue weighted by Gasteiger charge is 2.54. The van der Waals surface area contributed by atoms with Crippen LogP contribution in [0.15, 0.2) is 0 Å². The Hall–Kier alpha value is -1.75. The molecule has 6 nitrogen and oxygen atoms in total. The second kappa shape index (κ2) is 7.25. The summed E-state index contributed by atoms with van der Waals surface area (Å²) in [6.45, 7) is 0.839. The van der Waals surface area contributed by atoms with E-state index in [1.165, 1.54) is 4.90 Å². The van der Waals surface area contributed by atoms with Gasteiger partial charge in [-0.2, -0.15) is 5.26 Å². The van der Waals surface area contributed by atoms with Crippen molar-refractivity contribution in [2.45, 2.75) is 75.3 Å². The SMILES string of the molecule is N#C[C@H]1C[C@@H](F)CN1C(=O)CNC12CCC(C(=O)N3CCC(F)C3)(CC1)CC2. The Morgan fingerprint density at radius 2 is 1.75 bits per heavy atom. The zero-order valence-electron chi connectivity index (χ0n) is 16.1. The summed E-state index contributed by atoms with van der Waals surface area (Å²) >= 11 is 0. The number of halogens is 2. The van der Waals surface area contributed by atoms with Crippen LogP contribution in [0.1, 0.15) is 51.4 Å². The summed E-state index contributed by atoms with van der Waals surface area (Å²) < 4.78 is 27.1. The van der Waals surface area contributed by atoms with Crippen LogP contribution in [-0.2, 0) is 9.59 Å². The normalized spacial score (nSPS) is 40.0. The van der Waals surface area contributed by atoms with Gasteiger partial charge in [0.05, 0.1) is 25.7 Å². The van der Waals surface area contributed by atoms with E-state index in [-0.39, 0.29) is 48.8 Å². The summed E-state index contributed by atoms with van der Waals surface area (Å²) in [7, 11) is 0. The lowest BCUT2D eigenvalue weighted by Gasteiger charge is -2.53. The van der Waals surface area contributed by atoms with Gasteiger partial charge in [0.1, 0.15) is 18.4 Å². The molecule has 2 bridgehead atoms. The Morgan fingerprint density at radius 3 is 2.32 bits per heavy atom. The first-order chi connectivity index (χ1) is 13.4. The number of carbonyl (C=O) groups excluding carboxylic acids is 2. The molecule has 0 spiro atoms. The first kappa shape index (κ1) is 19.6. The molecule has 8 heteroatoms. The highest BCUT2D eigenvalue weighted by molar-refractivity contribution is 5.83. The van der Waals surface area contributed by atoms with Crippen molar-refractivity contribution in [2.75, 3.05) is 26.2 Å². The average molecular weight is 394 g/mol. The number of hydrogen-bond donors (Lipinski definition) is 1. The third-order valence-corrected chi connectivity index (χ3v) is 7.45. The van der Waals surface area contributed by atoms with Gasteiger partial charge in [-0.1, -0.05) is 0 Å². The van der Waals surface area contributed by atoms with Crippen molar-refractivity contribution < 1.29 is 18.4 Å². The molecule has 5 rings (SSSR count). The number of fused-ring (bicyclic) bond motifs is 3. The van der Waals surface area contributed by atoms with Gasteiger partial charge in [0.15, 0.2) is 0 Å². The lowest BCUT2D eigenvalue weighted by molar-refractivity contribution is -0.149. The van der Waals surface area contributed by atoms with Crippen LogP contribution in [0.2, 0.25) is 0 Å².